The standard InChI is InChI=1S/C11H18N4O/c1-11(2)9-14(7-5-12-11)10(16)8-15-6-3-4-13-15/h3-4,6,12H,5,7-9H2,1-2H3. The Kier molecular flexibility index (Phi) is 2.96. The van der Waals surface area contributed by atoms with E-state index >= 15 is 0 Å². The Balaban J connectivity index is 1.94. The maximum absolute atomic E-state index is 12.0. The summed E-state index contributed by atoms with van der Waals surface area (Å²) in [5.74, 6) is 0.137. The maximum Gasteiger partial charge on any atom is 0.244 e. The van der Waals surface area contributed by atoms with E-state index in [2.05, 4.69) is 24.3 Å². The Morgan fingerprint density at radius 3 is 3.00 bits per heavy atom. The van der Waals surface area contributed by atoms with Crippen LogP contribution >= 0.6 is 0 Å². The molecule has 0 aliphatic carbocycles. The van der Waals surface area contributed by atoms with Crippen molar-refractivity contribution in [1.82, 2.24) is 20.0 Å². The SMILES string of the molecule is CC1(C)CN(C(=O)Cn2cccn2)CCN1. The van der Waals surface area contributed by atoms with Crippen molar-refractivity contribution in [3.05, 3.63) is 18.5 Å². The molecule has 5 heteroatoms. The van der Waals surface area contributed by atoms with E-state index in [1.165, 1.54) is 0 Å². The van der Waals surface area contributed by atoms with Crippen molar-refractivity contribution in [3.8, 4) is 0 Å². The molecule has 16 heavy (non-hydrogen) atoms. The van der Waals surface area contributed by atoms with Gasteiger partial charge in [0.2, 0.25) is 5.91 Å². The van der Waals surface area contributed by atoms with Gasteiger partial charge in [-0.2, -0.15) is 5.10 Å². The normalized spacial score (nSPS) is 19.8. The molecule has 0 bridgehead atoms. The van der Waals surface area contributed by atoms with Gasteiger partial charge < -0.3 is 10.2 Å². The van der Waals surface area contributed by atoms with Crippen LogP contribution in [0.15, 0.2) is 18.5 Å². The molecule has 2 heterocycles. The third-order valence-corrected chi connectivity index (χ3v) is 2.78. The predicted octanol–water partition coefficient (Wildman–Crippen LogP) is 0.0935. The minimum atomic E-state index is 0.0119. The highest BCUT2D eigenvalue weighted by molar-refractivity contribution is 5.76. The zero-order valence-electron chi connectivity index (χ0n) is 9.81. The van der Waals surface area contributed by atoms with Crippen LogP contribution in [-0.4, -0.2) is 45.8 Å². The highest BCUT2D eigenvalue weighted by Crippen LogP contribution is 2.10. The number of carbonyl (C=O) groups excluding carboxylic acids is 1. The maximum atomic E-state index is 12.0. The Morgan fingerprint density at radius 2 is 2.38 bits per heavy atom. The molecule has 0 atom stereocenters. The van der Waals surface area contributed by atoms with Crippen LogP contribution in [0.4, 0.5) is 0 Å². The monoisotopic (exact) mass is 222 g/mol. The van der Waals surface area contributed by atoms with Gasteiger partial charge in [-0.1, -0.05) is 0 Å². The van der Waals surface area contributed by atoms with Crippen LogP contribution in [0.3, 0.4) is 0 Å². The molecule has 1 N–H and O–H groups in total. The molecule has 1 aromatic heterocycles. The number of hydrogen-bond acceptors (Lipinski definition) is 3. The number of carbonyl (C=O) groups is 1. The van der Waals surface area contributed by atoms with E-state index in [-0.39, 0.29) is 11.4 Å². The van der Waals surface area contributed by atoms with Crippen LogP contribution in [0.1, 0.15) is 13.8 Å². The van der Waals surface area contributed by atoms with E-state index in [1.807, 2.05) is 17.2 Å². The minimum Gasteiger partial charge on any atom is -0.338 e. The highest BCUT2D eigenvalue weighted by Gasteiger charge is 2.28. The molecule has 0 saturated carbocycles. The second kappa shape index (κ2) is 4.25. The zero-order valence-corrected chi connectivity index (χ0v) is 9.81. The molecule has 88 valence electrons. The first-order chi connectivity index (χ1) is 7.57. The van der Waals surface area contributed by atoms with Crippen molar-refractivity contribution in [2.24, 2.45) is 0 Å². The van der Waals surface area contributed by atoms with E-state index in [0.717, 1.165) is 19.6 Å². The molecule has 0 unspecified atom stereocenters. The van der Waals surface area contributed by atoms with Gasteiger partial charge >= 0.3 is 0 Å². The van der Waals surface area contributed by atoms with Gasteiger partial charge in [0.25, 0.3) is 0 Å². The molecule has 1 saturated heterocycles. The number of nitrogens with zero attached hydrogens (tertiary/aromatic N) is 3. The molecule has 1 fully saturated rings. The van der Waals surface area contributed by atoms with E-state index in [0.29, 0.717) is 6.54 Å². The quantitative estimate of drug-likeness (QED) is 0.771. The van der Waals surface area contributed by atoms with Gasteiger partial charge in [-0.05, 0) is 19.9 Å². The van der Waals surface area contributed by atoms with Crippen molar-refractivity contribution < 1.29 is 4.79 Å². The third-order valence-electron chi connectivity index (χ3n) is 2.78. The van der Waals surface area contributed by atoms with Gasteiger partial charge in [-0.15, -0.1) is 0 Å². The van der Waals surface area contributed by atoms with Crippen LogP contribution in [0.5, 0.6) is 0 Å². The smallest absolute Gasteiger partial charge is 0.244 e. The van der Waals surface area contributed by atoms with E-state index < -0.39 is 0 Å². The Labute approximate surface area is 95.4 Å². The number of aromatic nitrogens is 2. The third kappa shape index (κ3) is 2.61. The zero-order chi connectivity index (χ0) is 11.6. The molecule has 1 amide bonds. The van der Waals surface area contributed by atoms with Gasteiger partial charge in [-0.25, -0.2) is 0 Å². The number of amides is 1. The topological polar surface area (TPSA) is 50.2 Å². The molecular formula is C11H18N4O. The fraction of sp³-hybridized carbons (Fsp3) is 0.636. The van der Waals surface area contributed by atoms with Gasteiger partial charge in [0, 0.05) is 37.6 Å². The molecule has 5 nitrogen and oxygen atoms in total. The largest absolute Gasteiger partial charge is 0.338 e. The summed E-state index contributed by atoms with van der Waals surface area (Å²) in [7, 11) is 0. The number of nitrogens with one attached hydrogen (secondary N) is 1. The van der Waals surface area contributed by atoms with Crippen LogP contribution in [0, 0.1) is 0 Å². The summed E-state index contributed by atoms with van der Waals surface area (Å²) >= 11 is 0. The molecular weight excluding hydrogens is 204 g/mol. The Morgan fingerprint density at radius 1 is 1.56 bits per heavy atom. The van der Waals surface area contributed by atoms with Crippen molar-refractivity contribution in [2.45, 2.75) is 25.9 Å². The summed E-state index contributed by atoms with van der Waals surface area (Å²) in [4.78, 5) is 13.9. The summed E-state index contributed by atoms with van der Waals surface area (Å²) in [6.45, 7) is 6.96. The lowest BCUT2D eigenvalue weighted by Crippen LogP contribution is -2.58. The number of rotatable bonds is 2. The van der Waals surface area contributed by atoms with Gasteiger partial charge in [0.15, 0.2) is 0 Å². The second-order valence-corrected chi connectivity index (χ2v) is 4.83. The second-order valence-electron chi connectivity index (χ2n) is 4.83. The van der Waals surface area contributed by atoms with Gasteiger partial charge in [-0.3, -0.25) is 9.48 Å². The first kappa shape index (κ1) is 11.1. The lowest BCUT2D eigenvalue weighted by molar-refractivity contribution is -0.134. The molecule has 1 aliphatic rings. The fourth-order valence-electron chi connectivity index (χ4n) is 1.99. The van der Waals surface area contributed by atoms with E-state index in [9.17, 15) is 4.79 Å². The molecule has 0 aromatic carbocycles. The van der Waals surface area contributed by atoms with Crippen LogP contribution < -0.4 is 5.32 Å². The summed E-state index contributed by atoms with van der Waals surface area (Å²) < 4.78 is 1.66. The molecule has 1 aromatic rings. The predicted molar refractivity (Wildman–Crippen MR) is 60.9 cm³/mol. The lowest BCUT2D eigenvalue weighted by atomic mass is 10.0. The molecule has 2 rings (SSSR count). The first-order valence-corrected chi connectivity index (χ1v) is 5.57. The Bertz CT molecular complexity index is 358. The van der Waals surface area contributed by atoms with Gasteiger partial charge in [0.05, 0.1) is 0 Å². The van der Waals surface area contributed by atoms with Crippen LogP contribution in [-0.2, 0) is 11.3 Å². The lowest BCUT2D eigenvalue weighted by Gasteiger charge is -2.39. The van der Waals surface area contributed by atoms with Crippen molar-refractivity contribution in [1.29, 1.82) is 0 Å². The molecule has 0 radical (unpaired) electrons. The summed E-state index contributed by atoms with van der Waals surface area (Å²) in [5, 5.41) is 7.43. The van der Waals surface area contributed by atoms with Crippen LogP contribution in [0.25, 0.3) is 0 Å². The van der Waals surface area contributed by atoms with Crippen LogP contribution in [0.2, 0.25) is 0 Å². The van der Waals surface area contributed by atoms with Crippen molar-refractivity contribution in [2.75, 3.05) is 19.6 Å². The van der Waals surface area contributed by atoms with Crippen molar-refractivity contribution >= 4 is 5.91 Å². The highest BCUT2D eigenvalue weighted by atomic mass is 16.2. The number of hydrogen-bond donors (Lipinski definition) is 1. The first-order valence-electron chi connectivity index (χ1n) is 5.57. The number of piperazine rings is 1. The minimum absolute atomic E-state index is 0.0119. The summed E-state index contributed by atoms with van der Waals surface area (Å²) in [6.07, 6.45) is 3.50. The molecule has 1 aliphatic heterocycles. The average Bonchev–Trinajstić information content (AvgIpc) is 2.69. The fourth-order valence-corrected chi connectivity index (χ4v) is 1.99. The van der Waals surface area contributed by atoms with E-state index in [1.54, 1.807) is 10.9 Å². The van der Waals surface area contributed by atoms with Gasteiger partial charge in [0.1, 0.15) is 6.54 Å². The molecule has 0 spiro atoms. The average molecular weight is 222 g/mol. The Hall–Kier alpha value is -1.36. The summed E-state index contributed by atoms with van der Waals surface area (Å²) in [5.41, 5.74) is 0.0119. The van der Waals surface area contributed by atoms with E-state index in [4.69, 9.17) is 0 Å². The summed E-state index contributed by atoms with van der Waals surface area (Å²) in [6, 6.07) is 1.83. The van der Waals surface area contributed by atoms with Crippen molar-refractivity contribution in [3.63, 3.8) is 0 Å².